The molecular weight excluding hydrogens is 260 g/mol. The van der Waals surface area contributed by atoms with Crippen LogP contribution < -0.4 is 5.32 Å². The average molecular weight is 286 g/mol. The van der Waals surface area contributed by atoms with Gasteiger partial charge in [0, 0.05) is 24.7 Å². The quantitative estimate of drug-likeness (QED) is 0.841. The van der Waals surface area contributed by atoms with Crippen LogP contribution in [0.25, 0.3) is 0 Å². The molecule has 1 aromatic carbocycles. The Hall–Kier alpha value is -1.58. The number of nitrogens with one attached hydrogen (secondary N) is 1. The van der Waals surface area contributed by atoms with E-state index in [1.165, 1.54) is 11.1 Å². The number of benzene rings is 1. The van der Waals surface area contributed by atoms with Crippen LogP contribution in [0.2, 0.25) is 0 Å². The molecule has 114 valence electrons. The smallest absolute Gasteiger partial charge is 0.118 e. The molecule has 0 fully saturated rings. The van der Waals surface area contributed by atoms with Crippen molar-refractivity contribution in [2.45, 2.75) is 46.4 Å². The van der Waals surface area contributed by atoms with E-state index in [4.69, 9.17) is 4.42 Å². The molecule has 2 aromatic rings. The van der Waals surface area contributed by atoms with Gasteiger partial charge < -0.3 is 9.73 Å². The topological polar surface area (TPSA) is 28.4 Å². The van der Waals surface area contributed by atoms with E-state index in [0.717, 1.165) is 31.2 Å². The first-order chi connectivity index (χ1) is 10.1. The summed E-state index contributed by atoms with van der Waals surface area (Å²) in [5, 5.41) is 3.13. The van der Waals surface area contributed by atoms with Crippen LogP contribution in [0.15, 0.2) is 40.8 Å². The zero-order valence-electron chi connectivity index (χ0n) is 13.5. The van der Waals surface area contributed by atoms with E-state index >= 15 is 0 Å². The molecule has 0 spiro atoms. The van der Waals surface area contributed by atoms with Crippen molar-refractivity contribution < 1.29 is 4.42 Å². The Labute approximate surface area is 128 Å². The SMILES string of the molecule is CNCc1cc(CN(Cc2ccccc2)C(C)C)c(C)o1. The Bertz CT molecular complexity index is 546. The van der Waals surface area contributed by atoms with Crippen molar-refractivity contribution in [3.63, 3.8) is 0 Å². The molecule has 0 saturated heterocycles. The normalized spacial score (nSPS) is 11.5. The molecule has 0 bridgehead atoms. The maximum atomic E-state index is 5.80. The Morgan fingerprint density at radius 1 is 1.14 bits per heavy atom. The second-order valence-electron chi connectivity index (χ2n) is 5.81. The monoisotopic (exact) mass is 286 g/mol. The molecule has 1 heterocycles. The Morgan fingerprint density at radius 3 is 2.48 bits per heavy atom. The van der Waals surface area contributed by atoms with Gasteiger partial charge in [-0.15, -0.1) is 0 Å². The fourth-order valence-electron chi connectivity index (χ4n) is 2.46. The van der Waals surface area contributed by atoms with E-state index in [9.17, 15) is 0 Å². The molecule has 0 atom stereocenters. The molecule has 0 radical (unpaired) electrons. The maximum Gasteiger partial charge on any atom is 0.118 e. The molecular formula is C18H26N2O. The summed E-state index contributed by atoms with van der Waals surface area (Å²) in [6, 6.07) is 13.3. The van der Waals surface area contributed by atoms with E-state index < -0.39 is 0 Å². The molecule has 0 aliphatic carbocycles. The van der Waals surface area contributed by atoms with Gasteiger partial charge in [-0.25, -0.2) is 0 Å². The lowest BCUT2D eigenvalue weighted by molar-refractivity contribution is 0.202. The largest absolute Gasteiger partial charge is 0.465 e. The first-order valence-electron chi connectivity index (χ1n) is 7.61. The first kappa shape index (κ1) is 15.8. The van der Waals surface area contributed by atoms with Crippen molar-refractivity contribution in [1.82, 2.24) is 10.2 Å². The summed E-state index contributed by atoms with van der Waals surface area (Å²) in [7, 11) is 1.94. The highest BCUT2D eigenvalue weighted by Crippen LogP contribution is 2.19. The summed E-state index contributed by atoms with van der Waals surface area (Å²) in [4.78, 5) is 2.47. The van der Waals surface area contributed by atoms with Crippen LogP contribution in [0.4, 0.5) is 0 Å². The van der Waals surface area contributed by atoms with Gasteiger partial charge in [-0.05, 0) is 39.4 Å². The van der Waals surface area contributed by atoms with Gasteiger partial charge in [0.15, 0.2) is 0 Å². The molecule has 1 N–H and O–H groups in total. The molecule has 3 nitrogen and oxygen atoms in total. The van der Waals surface area contributed by atoms with Crippen molar-refractivity contribution in [1.29, 1.82) is 0 Å². The van der Waals surface area contributed by atoms with Crippen LogP contribution in [0.1, 0.15) is 36.5 Å². The second kappa shape index (κ2) is 7.43. The van der Waals surface area contributed by atoms with E-state index in [0.29, 0.717) is 6.04 Å². The fourth-order valence-corrected chi connectivity index (χ4v) is 2.46. The van der Waals surface area contributed by atoms with Gasteiger partial charge in [-0.2, -0.15) is 0 Å². The third kappa shape index (κ3) is 4.45. The highest BCUT2D eigenvalue weighted by molar-refractivity contribution is 5.21. The van der Waals surface area contributed by atoms with Gasteiger partial charge in [0.05, 0.1) is 6.54 Å². The van der Waals surface area contributed by atoms with Gasteiger partial charge in [-0.1, -0.05) is 30.3 Å². The van der Waals surface area contributed by atoms with Gasteiger partial charge in [0.1, 0.15) is 11.5 Å². The number of furan rings is 1. The highest BCUT2D eigenvalue weighted by Gasteiger charge is 2.15. The molecule has 3 heteroatoms. The van der Waals surface area contributed by atoms with Crippen LogP contribution in [0.3, 0.4) is 0 Å². The van der Waals surface area contributed by atoms with Crippen LogP contribution in [0, 0.1) is 6.92 Å². The van der Waals surface area contributed by atoms with Crippen molar-refractivity contribution in [3.05, 3.63) is 59.0 Å². The summed E-state index contributed by atoms with van der Waals surface area (Å²) >= 11 is 0. The van der Waals surface area contributed by atoms with Crippen molar-refractivity contribution >= 4 is 0 Å². The Kier molecular flexibility index (Phi) is 5.59. The predicted molar refractivity (Wildman–Crippen MR) is 87.0 cm³/mol. The lowest BCUT2D eigenvalue weighted by Gasteiger charge is -2.26. The molecule has 0 aliphatic rings. The average Bonchev–Trinajstić information content (AvgIpc) is 2.79. The minimum absolute atomic E-state index is 0.493. The number of rotatable bonds is 7. The van der Waals surface area contributed by atoms with Crippen molar-refractivity contribution in [2.24, 2.45) is 0 Å². The van der Waals surface area contributed by atoms with Gasteiger partial charge in [0.2, 0.25) is 0 Å². The van der Waals surface area contributed by atoms with E-state index in [-0.39, 0.29) is 0 Å². The molecule has 0 saturated carbocycles. The molecule has 2 rings (SSSR count). The maximum absolute atomic E-state index is 5.80. The summed E-state index contributed by atoms with van der Waals surface area (Å²) in [5.41, 5.74) is 2.63. The molecule has 21 heavy (non-hydrogen) atoms. The molecule has 0 unspecified atom stereocenters. The summed E-state index contributed by atoms with van der Waals surface area (Å²) in [6.45, 7) is 9.20. The molecule has 0 aliphatic heterocycles. The molecule has 0 amide bonds. The third-order valence-corrected chi connectivity index (χ3v) is 3.75. The second-order valence-corrected chi connectivity index (χ2v) is 5.81. The van der Waals surface area contributed by atoms with Gasteiger partial charge in [0.25, 0.3) is 0 Å². The third-order valence-electron chi connectivity index (χ3n) is 3.75. The number of hydrogen-bond acceptors (Lipinski definition) is 3. The standard InChI is InChI=1S/C18H26N2O/c1-14(2)20(12-16-8-6-5-7-9-16)13-17-10-18(11-19-4)21-15(17)3/h5-10,14,19H,11-13H2,1-4H3. The van der Waals surface area contributed by atoms with E-state index in [2.05, 4.69) is 67.4 Å². The summed E-state index contributed by atoms with van der Waals surface area (Å²) in [6.07, 6.45) is 0. The zero-order chi connectivity index (χ0) is 15.2. The summed E-state index contributed by atoms with van der Waals surface area (Å²) < 4.78 is 5.80. The highest BCUT2D eigenvalue weighted by atomic mass is 16.3. The van der Waals surface area contributed by atoms with Gasteiger partial charge in [-0.3, -0.25) is 4.90 Å². The van der Waals surface area contributed by atoms with Crippen LogP contribution in [0.5, 0.6) is 0 Å². The minimum Gasteiger partial charge on any atom is -0.465 e. The fraction of sp³-hybridized carbons (Fsp3) is 0.444. The lowest BCUT2D eigenvalue weighted by atomic mass is 10.1. The minimum atomic E-state index is 0.493. The first-order valence-corrected chi connectivity index (χ1v) is 7.61. The van der Waals surface area contributed by atoms with Crippen molar-refractivity contribution in [2.75, 3.05) is 7.05 Å². The Balaban J connectivity index is 2.09. The number of nitrogens with zero attached hydrogens (tertiary/aromatic N) is 1. The Morgan fingerprint density at radius 2 is 1.86 bits per heavy atom. The van der Waals surface area contributed by atoms with Crippen LogP contribution in [-0.4, -0.2) is 18.0 Å². The van der Waals surface area contributed by atoms with Crippen LogP contribution >= 0.6 is 0 Å². The lowest BCUT2D eigenvalue weighted by Crippen LogP contribution is -2.29. The predicted octanol–water partition coefficient (Wildman–Crippen LogP) is 3.72. The van der Waals surface area contributed by atoms with Crippen molar-refractivity contribution in [3.8, 4) is 0 Å². The number of aryl methyl sites for hydroxylation is 1. The zero-order valence-corrected chi connectivity index (χ0v) is 13.5. The summed E-state index contributed by atoms with van der Waals surface area (Å²) in [5.74, 6) is 2.03. The number of hydrogen-bond donors (Lipinski definition) is 1. The van der Waals surface area contributed by atoms with Crippen LogP contribution in [-0.2, 0) is 19.6 Å². The molecule has 1 aromatic heterocycles. The van der Waals surface area contributed by atoms with E-state index in [1.807, 2.05) is 7.05 Å². The van der Waals surface area contributed by atoms with E-state index in [1.54, 1.807) is 0 Å². The van der Waals surface area contributed by atoms with Gasteiger partial charge >= 0.3 is 0 Å².